The molecule has 0 unspecified atom stereocenters. The van der Waals surface area contributed by atoms with Crippen LogP contribution in [-0.4, -0.2) is 36.9 Å². The first-order valence-electron chi connectivity index (χ1n) is 7.96. The summed E-state index contributed by atoms with van der Waals surface area (Å²) in [6, 6.07) is 0. The van der Waals surface area contributed by atoms with Crippen LogP contribution in [0.2, 0.25) is 0 Å². The van der Waals surface area contributed by atoms with Gasteiger partial charge in [-0.15, -0.1) is 0 Å². The number of hydrogen-bond acceptors (Lipinski definition) is 1. The lowest BCUT2D eigenvalue weighted by Crippen LogP contribution is -2.63. The van der Waals surface area contributed by atoms with Gasteiger partial charge in [0.1, 0.15) is 6.61 Å². The smallest absolute Gasteiger partial charge is 0.375 e. The van der Waals surface area contributed by atoms with Crippen LogP contribution in [0.1, 0.15) is 58.8 Å². The van der Waals surface area contributed by atoms with E-state index < -0.39 is 43.1 Å². The zero-order chi connectivity index (χ0) is 19.1. The Bertz CT molecular complexity index is 357. The van der Waals surface area contributed by atoms with Gasteiger partial charge in [0.2, 0.25) is 0 Å². The highest BCUT2D eigenvalue weighted by Crippen LogP contribution is 2.54. The molecule has 0 aromatic heterocycles. The molecule has 0 atom stereocenters. The molecule has 0 spiro atoms. The lowest BCUT2D eigenvalue weighted by molar-refractivity contribution is -0.372. The molecule has 0 N–H and O–H groups in total. The van der Waals surface area contributed by atoms with Crippen molar-refractivity contribution < 1.29 is 39.9 Å². The molecule has 146 valence electrons. The maximum absolute atomic E-state index is 13.5. The van der Waals surface area contributed by atoms with Crippen molar-refractivity contribution >= 4 is 0 Å². The maximum atomic E-state index is 13.5. The zero-order valence-corrected chi connectivity index (χ0v) is 13.8. The molecule has 0 saturated heterocycles. The topological polar surface area (TPSA) is 9.23 Å². The SMILES string of the molecule is CCCCCCCC(F)(F)C(F)(F)C(F)(F)C(F)(F)COCCC. The van der Waals surface area contributed by atoms with Crippen molar-refractivity contribution in [3.05, 3.63) is 0 Å². The van der Waals surface area contributed by atoms with Crippen LogP contribution >= 0.6 is 0 Å². The molecule has 0 rings (SSSR count). The molecular formula is C15H24F8O. The number of rotatable bonds is 13. The van der Waals surface area contributed by atoms with Gasteiger partial charge in [0, 0.05) is 13.0 Å². The molecular weight excluding hydrogens is 348 g/mol. The standard InChI is InChI=1S/C15H24F8O/c1-3-5-6-7-8-9-12(16,17)14(20,21)15(22,23)13(18,19)11-24-10-4-2/h3-11H2,1-2H3. The molecule has 1 nitrogen and oxygen atoms in total. The minimum atomic E-state index is -6.22. The van der Waals surface area contributed by atoms with Crippen molar-refractivity contribution in [2.75, 3.05) is 13.2 Å². The van der Waals surface area contributed by atoms with E-state index in [4.69, 9.17) is 0 Å². The van der Waals surface area contributed by atoms with Gasteiger partial charge in [0.05, 0.1) is 0 Å². The van der Waals surface area contributed by atoms with Crippen LogP contribution in [0.3, 0.4) is 0 Å². The van der Waals surface area contributed by atoms with Gasteiger partial charge in [-0.2, -0.15) is 35.1 Å². The van der Waals surface area contributed by atoms with Crippen LogP contribution < -0.4 is 0 Å². The van der Waals surface area contributed by atoms with Crippen molar-refractivity contribution in [3.63, 3.8) is 0 Å². The molecule has 0 aliphatic carbocycles. The second-order valence-electron chi connectivity index (χ2n) is 5.77. The summed E-state index contributed by atoms with van der Waals surface area (Å²) in [6.45, 7) is 0.907. The van der Waals surface area contributed by atoms with Gasteiger partial charge in [-0.1, -0.05) is 39.5 Å². The molecule has 0 aromatic carbocycles. The molecule has 0 aliphatic heterocycles. The van der Waals surface area contributed by atoms with E-state index >= 15 is 0 Å². The largest absolute Gasteiger partial charge is 0.380 e. The molecule has 0 bridgehead atoms. The Morgan fingerprint density at radius 1 is 0.625 bits per heavy atom. The van der Waals surface area contributed by atoms with E-state index in [1.165, 1.54) is 6.92 Å². The van der Waals surface area contributed by atoms with Gasteiger partial charge in [0.25, 0.3) is 0 Å². The summed E-state index contributed by atoms with van der Waals surface area (Å²) < 4.78 is 112. The Labute approximate surface area is 136 Å². The van der Waals surface area contributed by atoms with Crippen LogP contribution in [0, 0.1) is 0 Å². The molecule has 24 heavy (non-hydrogen) atoms. The third kappa shape index (κ3) is 5.46. The normalized spacial score (nSPS) is 14.2. The van der Waals surface area contributed by atoms with Crippen LogP contribution in [0.4, 0.5) is 35.1 Å². The van der Waals surface area contributed by atoms with Gasteiger partial charge in [-0.25, -0.2) is 0 Å². The predicted molar refractivity (Wildman–Crippen MR) is 74.3 cm³/mol. The molecule has 0 amide bonds. The van der Waals surface area contributed by atoms with Crippen molar-refractivity contribution in [2.45, 2.75) is 82.5 Å². The highest BCUT2D eigenvalue weighted by Gasteiger charge is 2.79. The van der Waals surface area contributed by atoms with Gasteiger partial charge in [-0.05, 0) is 12.8 Å². The summed E-state index contributed by atoms with van der Waals surface area (Å²) in [5, 5.41) is 0. The Morgan fingerprint density at radius 2 is 1.12 bits per heavy atom. The molecule has 0 radical (unpaired) electrons. The first kappa shape index (κ1) is 23.4. The first-order chi connectivity index (χ1) is 10.9. The summed E-state index contributed by atoms with van der Waals surface area (Å²) in [4.78, 5) is 0. The number of halogens is 8. The summed E-state index contributed by atoms with van der Waals surface area (Å²) in [5.74, 6) is -23.0. The maximum Gasteiger partial charge on any atom is 0.380 e. The molecule has 0 fully saturated rings. The summed E-state index contributed by atoms with van der Waals surface area (Å²) in [7, 11) is 0. The Kier molecular flexibility index (Phi) is 8.97. The molecule has 0 saturated carbocycles. The van der Waals surface area contributed by atoms with E-state index in [2.05, 4.69) is 4.74 Å². The van der Waals surface area contributed by atoms with E-state index in [1.54, 1.807) is 0 Å². The van der Waals surface area contributed by atoms with Gasteiger partial charge in [-0.3, -0.25) is 0 Å². The Morgan fingerprint density at radius 3 is 1.62 bits per heavy atom. The first-order valence-corrected chi connectivity index (χ1v) is 7.96. The van der Waals surface area contributed by atoms with Gasteiger partial charge >= 0.3 is 23.7 Å². The predicted octanol–water partition coefficient (Wildman–Crippen LogP) is 6.31. The molecule has 0 aromatic rings. The lowest BCUT2D eigenvalue weighted by Gasteiger charge is -2.36. The Balaban J connectivity index is 5.00. The summed E-state index contributed by atoms with van der Waals surface area (Å²) in [6.07, 6.45) is 0.240. The van der Waals surface area contributed by atoms with Crippen molar-refractivity contribution in [1.29, 1.82) is 0 Å². The average Bonchev–Trinajstić information content (AvgIpc) is 2.46. The molecule has 0 aliphatic rings. The quantitative estimate of drug-likeness (QED) is 0.272. The minimum Gasteiger partial charge on any atom is -0.375 e. The summed E-state index contributed by atoms with van der Waals surface area (Å²) >= 11 is 0. The second kappa shape index (κ2) is 9.20. The van der Waals surface area contributed by atoms with E-state index in [-0.39, 0.29) is 19.4 Å². The second-order valence-corrected chi connectivity index (χ2v) is 5.77. The molecule has 0 heterocycles. The van der Waals surface area contributed by atoms with Crippen LogP contribution in [-0.2, 0) is 4.74 Å². The van der Waals surface area contributed by atoms with Crippen molar-refractivity contribution in [3.8, 4) is 0 Å². The third-order valence-corrected chi connectivity index (χ3v) is 3.54. The van der Waals surface area contributed by atoms with E-state index in [1.807, 2.05) is 6.92 Å². The number of ether oxygens (including phenoxy) is 1. The highest BCUT2D eigenvalue weighted by molar-refractivity contribution is 5.03. The Hall–Kier alpha value is -0.600. The monoisotopic (exact) mass is 372 g/mol. The number of hydrogen-bond donors (Lipinski definition) is 0. The van der Waals surface area contributed by atoms with Crippen LogP contribution in [0.5, 0.6) is 0 Å². The van der Waals surface area contributed by atoms with Crippen molar-refractivity contribution in [2.24, 2.45) is 0 Å². The highest BCUT2D eigenvalue weighted by atomic mass is 19.4. The van der Waals surface area contributed by atoms with Crippen LogP contribution in [0.15, 0.2) is 0 Å². The van der Waals surface area contributed by atoms with E-state index in [0.717, 1.165) is 6.42 Å². The number of alkyl halides is 8. The fourth-order valence-electron chi connectivity index (χ4n) is 2.00. The zero-order valence-electron chi connectivity index (χ0n) is 13.8. The molecule has 9 heteroatoms. The summed E-state index contributed by atoms with van der Waals surface area (Å²) in [5.41, 5.74) is 0. The van der Waals surface area contributed by atoms with Gasteiger partial charge < -0.3 is 4.74 Å². The average molecular weight is 372 g/mol. The van der Waals surface area contributed by atoms with Crippen molar-refractivity contribution in [1.82, 2.24) is 0 Å². The van der Waals surface area contributed by atoms with Gasteiger partial charge in [0.15, 0.2) is 0 Å². The number of unbranched alkanes of at least 4 members (excludes halogenated alkanes) is 4. The van der Waals surface area contributed by atoms with E-state index in [0.29, 0.717) is 12.8 Å². The third-order valence-electron chi connectivity index (χ3n) is 3.54. The lowest BCUT2D eigenvalue weighted by atomic mass is 9.95. The van der Waals surface area contributed by atoms with E-state index in [9.17, 15) is 35.1 Å². The van der Waals surface area contributed by atoms with Crippen LogP contribution in [0.25, 0.3) is 0 Å². The fraction of sp³-hybridized carbons (Fsp3) is 1.00. The minimum absolute atomic E-state index is 0.140. The fourth-order valence-corrected chi connectivity index (χ4v) is 2.00.